The summed E-state index contributed by atoms with van der Waals surface area (Å²) >= 11 is 4.82. The van der Waals surface area contributed by atoms with Crippen molar-refractivity contribution in [1.29, 1.82) is 0 Å². The van der Waals surface area contributed by atoms with E-state index in [1.54, 1.807) is 11.0 Å². The van der Waals surface area contributed by atoms with Crippen molar-refractivity contribution < 1.29 is 9.21 Å². The van der Waals surface area contributed by atoms with Crippen molar-refractivity contribution in [1.82, 2.24) is 4.90 Å². The molecule has 1 aliphatic heterocycles. The van der Waals surface area contributed by atoms with Gasteiger partial charge in [0.2, 0.25) is 0 Å². The SMILES string of the molecule is C[C@H](c1ccccc1)N1C(=O)/C(=C\c2ccc(-c3ccc(Br)cc3)o2)SC1=Nc1ccccc1. The van der Waals surface area contributed by atoms with E-state index in [4.69, 9.17) is 9.41 Å². The van der Waals surface area contributed by atoms with Crippen LogP contribution < -0.4 is 0 Å². The number of amides is 1. The largest absolute Gasteiger partial charge is 0.457 e. The van der Waals surface area contributed by atoms with Crippen LogP contribution in [0.25, 0.3) is 17.4 Å². The standard InChI is InChI=1S/C28H21BrN2O2S/c1-19(20-8-4-2-5-9-20)31-27(32)26(34-28(31)30-23-10-6-3-7-11-23)18-24-16-17-25(33-24)21-12-14-22(29)15-13-21/h2-19H,1H3/b26-18+,30-28?/t19-/m1/s1. The number of furan rings is 1. The molecule has 0 unspecified atom stereocenters. The molecule has 2 heterocycles. The van der Waals surface area contributed by atoms with Crippen LogP contribution in [0, 0.1) is 0 Å². The summed E-state index contributed by atoms with van der Waals surface area (Å²) in [5.41, 5.74) is 2.83. The summed E-state index contributed by atoms with van der Waals surface area (Å²) in [6.07, 6.45) is 1.80. The molecular formula is C28H21BrN2O2S. The summed E-state index contributed by atoms with van der Waals surface area (Å²) in [7, 11) is 0. The van der Waals surface area contributed by atoms with E-state index in [0.717, 1.165) is 27.0 Å². The van der Waals surface area contributed by atoms with E-state index in [0.29, 0.717) is 15.8 Å². The van der Waals surface area contributed by atoms with E-state index >= 15 is 0 Å². The normalized spacial score (nSPS) is 17.0. The van der Waals surface area contributed by atoms with Gasteiger partial charge in [-0.05, 0) is 60.6 Å². The summed E-state index contributed by atoms with van der Waals surface area (Å²) in [5, 5.41) is 0.651. The molecule has 1 amide bonds. The van der Waals surface area contributed by atoms with Crippen molar-refractivity contribution in [3.8, 4) is 11.3 Å². The minimum atomic E-state index is -0.163. The zero-order valence-electron chi connectivity index (χ0n) is 18.4. The van der Waals surface area contributed by atoms with Crippen molar-refractivity contribution in [2.75, 3.05) is 0 Å². The molecule has 6 heteroatoms. The summed E-state index contributed by atoms with van der Waals surface area (Å²) in [4.78, 5) is 20.7. The predicted molar refractivity (Wildman–Crippen MR) is 143 cm³/mol. The molecule has 0 aliphatic carbocycles. The van der Waals surface area contributed by atoms with Gasteiger partial charge < -0.3 is 4.42 Å². The molecule has 0 spiro atoms. The minimum absolute atomic E-state index is 0.0855. The number of benzene rings is 3. The Bertz CT molecular complexity index is 1360. The third-order valence-corrected chi connectivity index (χ3v) is 7.03. The molecule has 1 aromatic heterocycles. The summed E-state index contributed by atoms with van der Waals surface area (Å²) in [5.74, 6) is 1.29. The lowest BCUT2D eigenvalue weighted by molar-refractivity contribution is -0.123. The fourth-order valence-corrected chi connectivity index (χ4v) is 5.04. The van der Waals surface area contributed by atoms with Crippen LogP contribution in [0.4, 0.5) is 5.69 Å². The van der Waals surface area contributed by atoms with Crippen molar-refractivity contribution in [2.24, 2.45) is 4.99 Å². The Labute approximate surface area is 211 Å². The summed E-state index contributed by atoms with van der Waals surface area (Å²) < 4.78 is 7.05. The van der Waals surface area contributed by atoms with Gasteiger partial charge in [0.15, 0.2) is 5.17 Å². The average molecular weight is 529 g/mol. The van der Waals surface area contributed by atoms with Crippen molar-refractivity contribution >= 4 is 50.5 Å². The van der Waals surface area contributed by atoms with E-state index in [1.807, 2.05) is 104 Å². The van der Waals surface area contributed by atoms with Crippen LogP contribution in [0.2, 0.25) is 0 Å². The Balaban J connectivity index is 1.49. The average Bonchev–Trinajstić information content (AvgIpc) is 3.45. The van der Waals surface area contributed by atoms with Gasteiger partial charge in [-0.15, -0.1) is 0 Å². The fraction of sp³-hybridized carbons (Fsp3) is 0.0714. The van der Waals surface area contributed by atoms with Gasteiger partial charge in [0.25, 0.3) is 5.91 Å². The first-order valence-electron chi connectivity index (χ1n) is 10.9. The molecule has 168 valence electrons. The van der Waals surface area contributed by atoms with Crippen LogP contribution in [0.15, 0.2) is 116 Å². The molecule has 0 radical (unpaired) electrons. The van der Waals surface area contributed by atoms with Crippen LogP contribution >= 0.6 is 27.7 Å². The highest BCUT2D eigenvalue weighted by atomic mass is 79.9. The lowest BCUT2D eigenvalue weighted by atomic mass is 10.1. The van der Waals surface area contributed by atoms with Gasteiger partial charge in [-0.2, -0.15) is 0 Å². The lowest BCUT2D eigenvalue weighted by Crippen LogP contribution is -2.32. The summed E-state index contributed by atoms with van der Waals surface area (Å²) in [6, 6.07) is 31.3. The smallest absolute Gasteiger partial charge is 0.267 e. The molecular weight excluding hydrogens is 508 g/mol. The molecule has 3 aromatic carbocycles. The highest BCUT2D eigenvalue weighted by molar-refractivity contribution is 9.10. The number of aliphatic imine (C=N–C) groups is 1. The Hall–Kier alpha value is -3.35. The highest BCUT2D eigenvalue weighted by Gasteiger charge is 2.37. The number of halogens is 1. The maximum Gasteiger partial charge on any atom is 0.267 e. The molecule has 0 bridgehead atoms. The van der Waals surface area contributed by atoms with Crippen molar-refractivity contribution in [3.05, 3.63) is 118 Å². The van der Waals surface area contributed by atoms with Gasteiger partial charge in [-0.1, -0.05) is 76.6 Å². The number of nitrogens with zero attached hydrogens (tertiary/aromatic N) is 2. The molecule has 1 saturated heterocycles. The fourth-order valence-electron chi connectivity index (χ4n) is 3.73. The van der Waals surface area contributed by atoms with Crippen LogP contribution in [0.5, 0.6) is 0 Å². The molecule has 5 rings (SSSR count). The zero-order chi connectivity index (χ0) is 23.5. The van der Waals surface area contributed by atoms with Crippen molar-refractivity contribution in [3.63, 3.8) is 0 Å². The number of rotatable bonds is 5. The second-order valence-electron chi connectivity index (χ2n) is 7.81. The molecule has 1 fully saturated rings. The first-order valence-corrected chi connectivity index (χ1v) is 12.5. The van der Waals surface area contributed by atoms with Crippen LogP contribution in [-0.2, 0) is 4.79 Å². The molecule has 0 N–H and O–H groups in total. The number of carbonyl (C=O) groups excluding carboxylic acids is 1. The van der Waals surface area contributed by atoms with Gasteiger partial charge in [-0.3, -0.25) is 9.69 Å². The Morgan fingerprint density at radius 3 is 2.29 bits per heavy atom. The third-order valence-electron chi connectivity index (χ3n) is 5.52. The Morgan fingerprint density at radius 2 is 1.59 bits per heavy atom. The molecule has 4 aromatic rings. The Kier molecular flexibility index (Phi) is 6.52. The number of hydrogen-bond donors (Lipinski definition) is 0. The molecule has 1 aliphatic rings. The van der Waals surface area contributed by atoms with Crippen LogP contribution in [0.3, 0.4) is 0 Å². The van der Waals surface area contributed by atoms with E-state index in [-0.39, 0.29) is 11.9 Å². The van der Waals surface area contributed by atoms with Gasteiger partial charge in [0.05, 0.1) is 16.6 Å². The van der Waals surface area contributed by atoms with E-state index in [2.05, 4.69) is 15.9 Å². The number of para-hydroxylation sites is 1. The molecule has 4 nitrogen and oxygen atoms in total. The van der Waals surface area contributed by atoms with Gasteiger partial charge in [0, 0.05) is 16.1 Å². The Morgan fingerprint density at radius 1 is 0.912 bits per heavy atom. The highest BCUT2D eigenvalue weighted by Crippen LogP contribution is 2.39. The first-order chi connectivity index (χ1) is 16.6. The van der Waals surface area contributed by atoms with E-state index < -0.39 is 0 Å². The second-order valence-corrected chi connectivity index (χ2v) is 9.74. The van der Waals surface area contributed by atoms with Gasteiger partial charge >= 0.3 is 0 Å². The predicted octanol–water partition coefficient (Wildman–Crippen LogP) is 8.07. The zero-order valence-corrected chi connectivity index (χ0v) is 20.8. The summed E-state index contributed by atoms with van der Waals surface area (Å²) in [6.45, 7) is 2.02. The van der Waals surface area contributed by atoms with E-state index in [9.17, 15) is 4.79 Å². The molecule has 0 saturated carbocycles. The maximum absolute atomic E-state index is 13.5. The second kappa shape index (κ2) is 9.87. The number of amidine groups is 1. The minimum Gasteiger partial charge on any atom is -0.457 e. The van der Waals surface area contributed by atoms with Crippen molar-refractivity contribution in [2.45, 2.75) is 13.0 Å². The number of thioether (sulfide) groups is 1. The first kappa shape index (κ1) is 22.4. The van der Waals surface area contributed by atoms with Crippen LogP contribution in [0.1, 0.15) is 24.3 Å². The molecule has 1 atom stereocenters. The van der Waals surface area contributed by atoms with E-state index in [1.165, 1.54) is 11.8 Å². The molecule has 34 heavy (non-hydrogen) atoms. The number of hydrogen-bond acceptors (Lipinski definition) is 4. The quantitative estimate of drug-likeness (QED) is 0.246. The van der Waals surface area contributed by atoms with Crippen LogP contribution in [-0.4, -0.2) is 16.0 Å². The third kappa shape index (κ3) is 4.79. The lowest BCUT2D eigenvalue weighted by Gasteiger charge is -2.24. The monoisotopic (exact) mass is 528 g/mol. The topological polar surface area (TPSA) is 45.8 Å². The van der Waals surface area contributed by atoms with Gasteiger partial charge in [-0.25, -0.2) is 4.99 Å². The number of carbonyl (C=O) groups is 1. The maximum atomic E-state index is 13.5. The van der Waals surface area contributed by atoms with Gasteiger partial charge in [0.1, 0.15) is 11.5 Å².